The zero-order chi connectivity index (χ0) is 14.6. The molecular weight excluding hydrogens is 306 g/mol. The highest BCUT2D eigenvalue weighted by Gasteiger charge is 2.03. The topological polar surface area (TPSA) is 31.2 Å². The molecule has 1 heterocycles. The summed E-state index contributed by atoms with van der Waals surface area (Å²) in [6, 6.07) is 0. The lowest BCUT2D eigenvalue weighted by molar-refractivity contribution is 0.308. The van der Waals surface area contributed by atoms with Crippen LogP contribution in [0.15, 0.2) is 21.6 Å². The van der Waals surface area contributed by atoms with Gasteiger partial charge in [-0.05, 0) is 6.92 Å². The molecule has 12 heteroatoms. The van der Waals surface area contributed by atoms with Gasteiger partial charge in [-0.2, -0.15) is 0 Å². The Morgan fingerprint density at radius 2 is 1.44 bits per heavy atom. The third-order valence-corrected chi connectivity index (χ3v) is 1.66. The van der Waals surface area contributed by atoms with Crippen LogP contribution >= 0.6 is 0 Å². The molecule has 0 N–H and O–H groups in total. The van der Waals surface area contributed by atoms with E-state index in [0.29, 0.717) is 0 Å². The Hall–Kier alpha value is -0.780. The van der Waals surface area contributed by atoms with Gasteiger partial charge >= 0.3 is 0 Å². The van der Waals surface area contributed by atoms with Gasteiger partial charge in [0.05, 0.1) is 6.67 Å². The molecule has 18 heavy (non-hydrogen) atoms. The quantitative estimate of drug-likeness (QED) is 0.692. The Bertz CT molecular complexity index is 276. The highest BCUT2D eigenvalue weighted by molar-refractivity contribution is 7.76. The first kappa shape index (κ1) is 19.6. The molecule has 1 aliphatic heterocycles. The van der Waals surface area contributed by atoms with Crippen LogP contribution < -0.4 is 0 Å². The predicted molar refractivity (Wildman–Crippen MR) is 60.4 cm³/mol. The summed E-state index contributed by atoms with van der Waals surface area (Å²) < 4.78 is 63.2. The van der Waals surface area contributed by atoms with Gasteiger partial charge in [-0.25, -0.2) is 0 Å². The normalized spacial score (nSPS) is 13.0. The van der Waals surface area contributed by atoms with Crippen LogP contribution in [0.25, 0.3) is 0 Å². The maximum atomic E-state index is 10.2. The van der Waals surface area contributed by atoms with Gasteiger partial charge in [-0.15, -0.1) is 15.5 Å². The first-order chi connectivity index (χ1) is 8.37. The second-order valence-electron chi connectivity index (χ2n) is 2.63. The maximum Gasteiger partial charge on any atom is 0.293 e. The average molecular weight is 318 g/mol. The minimum absolute atomic E-state index is 1.05. The zero-order valence-corrected chi connectivity index (χ0v) is 11.1. The SMILES string of the molecule is CCN1C=CN(C)C1.FN=S(F)F.FN=S(F)F. The van der Waals surface area contributed by atoms with E-state index in [-0.39, 0.29) is 0 Å². The third kappa shape index (κ3) is 15.2. The summed E-state index contributed by atoms with van der Waals surface area (Å²) in [7, 11) is 2.08. The van der Waals surface area contributed by atoms with Crippen LogP contribution in [0.1, 0.15) is 6.92 Å². The summed E-state index contributed by atoms with van der Waals surface area (Å²) in [5.74, 6) is 0. The van der Waals surface area contributed by atoms with Gasteiger partial charge in [-0.1, -0.05) is 8.96 Å². The smallest absolute Gasteiger partial charge is 0.293 e. The van der Waals surface area contributed by atoms with E-state index >= 15 is 0 Å². The highest BCUT2D eigenvalue weighted by Crippen LogP contribution is 2.00. The lowest BCUT2D eigenvalue weighted by atomic mass is 10.6. The van der Waals surface area contributed by atoms with Crippen molar-refractivity contribution in [3.05, 3.63) is 12.4 Å². The van der Waals surface area contributed by atoms with Crippen LogP contribution in [0.3, 0.4) is 0 Å². The van der Waals surface area contributed by atoms with Gasteiger partial charge in [-0.3, -0.25) is 0 Å². The molecule has 110 valence electrons. The van der Waals surface area contributed by atoms with E-state index in [1.165, 1.54) is 0 Å². The van der Waals surface area contributed by atoms with E-state index in [4.69, 9.17) is 0 Å². The number of halogens is 6. The van der Waals surface area contributed by atoms with Crippen LogP contribution in [0, 0.1) is 0 Å². The monoisotopic (exact) mass is 318 g/mol. The Balaban J connectivity index is 0. The first-order valence-electron chi connectivity index (χ1n) is 4.27. The zero-order valence-electron chi connectivity index (χ0n) is 9.44. The molecule has 0 spiro atoms. The summed E-state index contributed by atoms with van der Waals surface area (Å²) >= 11 is -6.73. The fourth-order valence-electron chi connectivity index (χ4n) is 0.794. The van der Waals surface area contributed by atoms with Crippen LogP contribution in [0.2, 0.25) is 0 Å². The first-order valence-corrected chi connectivity index (χ1v) is 6.24. The van der Waals surface area contributed by atoms with Crippen molar-refractivity contribution < 1.29 is 24.5 Å². The van der Waals surface area contributed by atoms with Crippen LogP contribution in [0.4, 0.5) is 24.5 Å². The van der Waals surface area contributed by atoms with Gasteiger partial charge in [0.25, 0.3) is 22.9 Å². The van der Waals surface area contributed by atoms with Crippen LogP contribution in [-0.2, 0) is 22.9 Å². The second kappa shape index (κ2) is 12.7. The molecular formula is C6H12F6N4S2. The lowest BCUT2D eigenvalue weighted by Crippen LogP contribution is -2.21. The van der Waals surface area contributed by atoms with E-state index in [1.54, 1.807) is 0 Å². The van der Waals surface area contributed by atoms with Gasteiger partial charge in [0, 0.05) is 35.2 Å². The standard InChI is InChI=1S/C6H12N2.2F3NS/c1-3-8-5-4-7(2)6-8;2*1-4-5(2)3/h4-5H,3,6H2,1-2H3;;. The molecule has 0 radical (unpaired) electrons. The summed E-state index contributed by atoms with van der Waals surface area (Å²) in [4.78, 5) is 4.41. The van der Waals surface area contributed by atoms with Crippen molar-refractivity contribution in [1.29, 1.82) is 0 Å². The van der Waals surface area contributed by atoms with E-state index in [0.717, 1.165) is 22.4 Å². The molecule has 0 unspecified atom stereocenters. The Morgan fingerprint density at radius 1 is 1.06 bits per heavy atom. The molecule has 1 aliphatic rings. The molecule has 0 fully saturated rings. The Morgan fingerprint density at radius 3 is 1.56 bits per heavy atom. The molecule has 4 nitrogen and oxygen atoms in total. The maximum absolute atomic E-state index is 10.2. The molecule has 0 aromatic rings. The van der Waals surface area contributed by atoms with Crippen LogP contribution in [-0.4, -0.2) is 30.1 Å². The van der Waals surface area contributed by atoms with Gasteiger partial charge in [0.2, 0.25) is 0 Å². The van der Waals surface area contributed by atoms with E-state index in [9.17, 15) is 24.5 Å². The molecule has 0 aromatic heterocycles. The second-order valence-corrected chi connectivity index (χ2v) is 3.69. The highest BCUT2D eigenvalue weighted by atomic mass is 32.2. The number of nitrogens with zero attached hydrogens (tertiary/aromatic N) is 4. The summed E-state index contributed by atoms with van der Waals surface area (Å²) in [6.45, 7) is 4.32. The Labute approximate surface area is 107 Å². The third-order valence-electron chi connectivity index (χ3n) is 1.45. The minimum Gasteiger partial charge on any atom is -0.362 e. The summed E-state index contributed by atoms with van der Waals surface area (Å²) in [5.41, 5.74) is 0. The van der Waals surface area contributed by atoms with Crippen molar-refractivity contribution in [3.63, 3.8) is 0 Å². The lowest BCUT2D eigenvalue weighted by Gasteiger charge is -2.14. The molecule has 0 saturated heterocycles. The molecule has 0 bridgehead atoms. The fraction of sp³-hybridized carbons (Fsp3) is 0.667. The van der Waals surface area contributed by atoms with Gasteiger partial charge < -0.3 is 9.80 Å². The molecule has 0 aliphatic carbocycles. The molecule has 0 amide bonds. The van der Waals surface area contributed by atoms with Crippen molar-refractivity contribution in [3.8, 4) is 0 Å². The Kier molecular flexibility index (Phi) is 13.8. The number of hydrogen-bond acceptors (Lipinski definition) is 4. The van der Waals surface area contributed by atoms with Gasteiger partial charge in [0.1, 0.15) is 0 Å². The summed E-state index contributed by atoms with van der Waals surface area (Å²) in [6.07, 6.45) is 4.20. The van der Waals surface area contributed by atoms with Gasteiger partial charge in [0.15, 0.2) is 0 Å². The van der Waals surface area contributed by atoms with Crippen molar-refractivity contribution in [2.75, 3.05) is 20.3 Å². The van der Waals surface area contributed by atoms with Crippen LogP contribution in [0.5, 0.6) is 0 Å². The van der Waals surface area contributed by atoms with Crippen molar-refractivity contribution in [2.45, 2.75) is 6.92 Å². The minimum atomic E-state index is -3.36. The number of hydrogen-bond donors (Lipinski definition) is 0. The molecule has 0 saturated carbocycles. The average Bonchev–Trinajstić information content (AvgIpc) is 2.76. The van der Waals surface area contributed by atoms with E-state index in [1.807, 2.05) is 0 Å². The largest absolute Gasteiger partial charge is 0.362 e. The van der Waals surface area contributed by atoms with Crippen molar-refractivity contribution >= 4 is 22.9 Å². The molecule has 0 atom stereocenters. The van der Waals surface area contributed by atoms with Crippen molar-refractivity contribution in [1.82, 2.24) is 9.80 Å². The molecule has 0 aromatic carbocycles. The molecule has 1 rings (SSSR count). The predicted octanol–water partition coefficient (Wildman–Crippen LogP) is 3.57. The van der Waals surface area contributed by atoms with E-state index < -0.39 is 22.9 Å². The van der Waals surface area contributed by atoms with E-state index in [2.05, 4.69) is 36.2 Å². The number of rotatable bonds is 1. The van der Waals surface area contributed by atoms with Crippen molar-refractivity contribution in [2.24, 2.45) is 9.17 Å². The summed E-state index contributed by atoms with van der Waals surface area (Å²) in [5, 5.41) is 0. The fourth-order valence-corrected chi connectivity index (χ4v) is 0.794.